The zero-order valence-electron chi connectivity index (χ0n) is 35.2. The normalized spacial score (nSPS) is 13.6. The van der Waals surface area contributed by atoms with Crippen LogP contribution in [0.1, 0.15) is 162 Å². The van der Waals surface area contributed by atoms with Gasteiger partial charge in [-0.15, -0.1) is 0 Å². The molecule has 0 aromatic heterocycles. The van der Waals surface area contributed by atoms with E-state index < -0.39 is 24.1 Å². The predicted molar refractivity (Wildman–Crippen MR) is 224 cm³/mol. The lowest BCUT2D eigenvalue weighted by Crippen LogP contribution is -2.50. The van der Waals surface area contributed by atoms with E-state index in [-0.39, 0.29) is 36.7 Å². The number of quaternary nitrogens is 1. The third-order valence-corrected chi connectivity index (χ3v) is 9.20. The van der Waals surface area contributed by atoms with Gasteiger partial charge in [-0.2, -0.15) is 0 Å². The Bertz CT molecular complexity index is 1070. The van der Waals surface area contributed by atoms with E-state index in [1.54, 1.807) is 6.08 Å². The minimum absolute atomic E-state index is 0.0239. The SMILES string of the molecule is CC/C=C/C/C=C/C/C=C/CC(=O)OC(COCCC(C(=O)O)[N+](C)(C)C)COC(=O)CCCCCCCCCCCCCCCC/C=C/C/C=C/CC. The topological polar surface area (TPSA) is 99.1 Å². The van der Waals surface area contributed by atoms with Gasteiger partial charge in [0.2, 0.25) is 0 Å². The monoisotopic (exact) mass is 759 g/mol. The van der Waals surface area contributed by atoms with Crippen LogP contribution in [0.5, 0.6) is 0 Å². The highest BCUT2D eigenvalue weighted by atomic mass is 16.6. The van der Waals surface area contributed by atoms with Crippen LogP contribution in [0, 0.1) is 0 Å². The number of allylic oxidation sites excluding steroid dienone is 9. The van der Waals surface area contributed by atoms with E-state index in [9.17, 15) is 19.5 Å². The van der Waals surface area contributed by atoms with Crippen LogP contribution in [0.2, 0.25) is 0 Å². The van der Waals surface area contributed by atoms with E-state index in [4.69, 9.17) is 14.2 Å². The summed E-state index contributed by atoms with van der Waals surface area (Å²) in [7, 11) is 5.49. The Balaban J connectivity index is 4.24. The summed E-state index contributed by atoms with van der Waals surface area (Å²) in [6.07, 6.45) is 44.6. The molecule has 0 aliphatic rings. The maximum absolute atomic E-state index is 12.6. The highest BCUT2D eigenvalue weighted by Crippen LogP contribution is 2.15. The number of likely N-dealkylation sites (N-methyl/N-ethyl adjacent to an activating group) is 1. The van der Waals surface area contributed by atoms with Gasteiger partial charge in [0, 0.05) is 12.8 Å². The number of carbonyl (C=O) groups excluding carboxylic acids is 2. The number of ether oxygens (including phenoxy) is 3. The van der Waals surface area contributed by atoms with Crippen molar-refractivity contribution in [3.63, 3.8) is 0 Å². The Morgan fingerprint density at radius 1 is 0.574 bits per heavy atom. The maximum Gasteiger partial charge on any atom is 0.362 e. The Morgan fingerprint density at radius 3 is 1.54 bits per heavy atom. The van der Waals surface area contributed by atoms with Gasteiger partial charge in [0.15, 0.2) is 12.1 Å². The van der Waals surface area contributed by atoms with Crippen LogP contribution in [0.4, 0.5) is 0 Å². The van der Waals surface area contributed by atoms with E-state index in [0.29, 0.717) is 12.8 Å². The first-order valence-electron chi connectivity index (χ1n) is 21.3. The molecule has 0 aromatic carbocycles. The lowest BCUT2D eigenvalue weighted by molar-refractivity contribution is -0.887. The van der Waals surface area contributed by atoms with Gasteiger partial charge in [-0.05, 0) is 51.4 Å². The molecule has 8 nitrogen and oxygen atoms in total. The first-order chi connectivity index (χ1) is 26.1. The quantitative estimate of drug-likeness (QED) is 0.0291. The van der Waals surface area contributed by atoms with E-state index in [2.05, 4.69) is 62.5 Å². The Kier molecular flexibility index (Phi) is 34.9. The van der Waals surface area contributed by atoms with Gasteiger partial charge in [0.25, 0.3) is 0 Å². The third kappa shape index (κ3) is 34.8. The number of nitrogens with zero attached hydrogens (tertiary/aromatic N) is 1. The Morgan fingerprint density at radius 2 is 1.04 bits per heavy atom. The summed E-state index contributed by atoms with van der Waals surface area (Å²) >= 11 is 0. The molecule has 310 valence electrons. The molecule has 54 heavy (non-hydrogen) atoms. The molecule has 2 atom stereocenters. The van der Waals surface area contributed by atoms with Crippen LogP contribution in [-0.4, -0.2) is 80.6 Å². The number of rotatable bonds is 37. The number of esters is 2. The highest BCUT2D eigenvalue weighted by molar-refractivity contribution is 5.72. The van der Waals surface area contributed by atoms with Gasteiger partial charge in [0.1, 0.15) is 6.61 Å². The molecule has 0 fully saturated rings. The number of unbranched alkanes of at least 4 members (excludes halogenated alkanes) is 14. The van der Waals surface area contributed by atoms with E-state index >= 15 is 0 Å². The van der Waals surface area contributed by atoms with Gasteiger partial charge < -0.3 is 23.8 Å². The molecule has 0 bridgehead atoms. The molecule has 0 saturated heterocycles. The van der Waals surface area contributed by atoms with Crippen LogP contribution in [-0.2, 0) is 28.6 Å². The van der Waals surface area contributed by atoms with Crippen molar-refractivity contribution in [3.8, 4) is 0 Å². The molecule has 0 rings (SSSR count). The van der Waals surface area contributed by atoms with Crippen LogP contribution in [0.3, 0.4) is 0 Å². The minimum atomic E-state index is -0.889. The number of hydrogen-bond donors (Lipinski definition) is 1. The lowest BCUT2D eigenvalue weighted by Gasteiger charge is -2.31. The average molecular weight is 759 g/mol. The van der Waals surface area contributed by atoms with Crippen LogP contribution >= 0.6 is 0 Å². The number of hydrogen-bond acceptors (Lipinski definition) is 6. The molecule has 0 radical (unpaired) electrons. The summed E-state index contributed by atoms with van der Waals surface area (Å²) in [5.74, 6) is -1.62. The molecule has 0 aromatic rings. The summed E-state index contributed by atoms with van der Waals surface area (Å²) in [5, 5.41) is 9.59. The summed E-state index contributed by atoms with van der Waals surface area (Å²) in [4.78, 5) is 36.7. The second-order valence-electron chi connectivity index (χ2n) is 15.2. The number of aliphatic carboxylic acids is 1. The van der Waals surface area contributed by atoms with Crippen LogP contribution in [0.25, 0.3) is 0 Å². The fourth-order valence-electron chi connectivity index (χ4n) is 5.96. The molecular formula is C46H80NO7+. The third-order valence-electron chi connectivity index (χ3n) is 9.20. The van der Waals surface area contributed by atoms with Crippen molar-refractivity contribution in [3.05, 3.63) is 60.8 Å². The molecule has 0 spiro atoms. The molecule has 0 heterocycles. The van der Waals surface area contributed by atoms with Crippen molar-refractivity contribution < 1.29 is 38.2 Å². The number of carbonyl (C=O) groups is 3. The summed E-state index contributed by atoms with van der Waals surface area (Å²) in [6.45, 7) is 4.39. The minimum Gasteiger partial charge on any atom is -0.477 e. The van der Waals surface area contributed by atoms with E-state index in [1.165, 1.54) is 77.0 Å². The smallest absolute Gasteiger partial charge is 0.362 e. The Hall–Kier alpha value is -2.97. The van der Waals surface area contributed by atoms with Gasteiger partial charge in [0.05, 0.1) is 40.8 Å². The van der Waals surface area contributed by atoms with Crippen molar-refractivity contribution in [1.29, 1.82) is 0 Å². The van der Waals surface area contributed by atoms with Crippen molar-refractivity contribution in [2.45, 2.75) is 174 Å². The van der Waals surface area contributed by atoms with Crippen molar-refractivity contribution >= 4 is 17.9 Å². The molecule has 2 unspecified atom stereocenters. The first kappa shape index (κ1) is 51.0. The predicted octanol–water partition coefficient (Wildman–Crippen LogP) is 11.4. The molecule has 0 aliphatic carbocycles. The molecule has 0 amide bonds. The summed E-state index contributed by atoms with van der Waals surface area (Å²) in [6, 6.07) is -0.628. The largest absolute Gasteiger partial charge is 0.477 e. The first-order valence-corrected chi connectivity index (χ1v) is 21.3. The van der Waals surface area contributed by atoms with E-state index in [0.717, 1.165) is 51.4 Å². The summed E-state index contributed by atoms with van der Waals surface area (Å²) < 4.78 is 17.1. The molecular weight excluding hydrogens is 679 g/mol. The Labute approximate surface area is 330 Å². The van der Waals surface area contributed by atoms with Crippen molar-refractivity contribution in [1.82, 2.24) is 0 Å². The van der Waals surface area contributed by atoms with Gasteiger partial charge in [-0.25, -0.2) is 4.79 Å². The van der Waals surface area contributed by atoms with Crippen LogP contribution < -0.4 is 0 Å². The van der Waals surface area contributed by atoms with Crippen molar-refractivity contribution in [2.24, 2.45) is 0 Å². The fraction of sp³-hybridized carbons (Fsp3) is 0.717. The van der Waals surface area contributed by atoms with Crippen molar-refractivity contribution in [2.75, 3.05) is 41.0 Å². The summed E-state index contributed by atoms with van der Waals surface area (Å²) in [5.41, 5.74) is 0. The zero-order chi connectivity index (χ0) is 40.0. The lowest BCUT2D eigenvalue weighted by atomic mass is 10.0. The van der Waals surface area contributed by atoms with Gasteiger partial charge >= 0.3 is 17.9 Å². The van der Waals surface area contributed by atoms with Gasteiger partial charge in [-0.3, -0.25) is 9.59 Å². The fourth-order valence-corrected chi connectivity index (χ4v) is 5.96. The maximum atomic E-state index is 12.6. The second kappa shape index (κ2) is 37.0. The second-order valence-corrected chi connectivity index (χ2v) is 15.2. The van der Waals surface area contributed by atoms with Gasteiger partial charge in [-0.1, -0.05) is 152 Å². The molecule has 8 heteroatoms. The number of carboxylic acids is 1. The number of carboxylic acid groups (broad SMARTS) is 1. The standard InChI is InChI=1S/C46H79NO7/c1-6-8-10-12-14-16-17-18-19-20-21-22-23-24-25-26-27-29-30-32-34-36-44(48)53-41-42(40-52-39-38-43(46(50)51)47(3,4)5)54-45(49)37-35-33-31-28-15-13-11-9-7-2/h8-11,14-16,28,33,35,42-43H,6-7,12-13,17-27,29-32,34,36-41H2,1-5H3/p+1/b10-8+,11-9+,16-14+,28-15+,35-33+. The van der Waals surface area contributed by atoms with E-state index in [1.807, 2.05) is 27.2 Å². The molecule has 1 N–H and O–H groups in total. The zero-order valence-corrected chi connectivity index (χ0v) is 35.2. The average Bonchev–Trinajstić information content (AvgIpc) is 3.12. The van der Waals surface area contributed by atoms with Crippen LogP contribution in [0.15, 0.2) is 60.8 Å². The highest BCUT2D eigenvalue weighted by Gasteiger charge is 2.31. The molecule has 0 aliphatic heterocycles. The molecule has 0 saturated carbocycles.